The molecule has 0 bridgehead atoms. The molecule has 2 rings (SSSR count). The highest BCUT2D eigenvalue weighted by atomic mass is 15.2. The van der Waals surface area contributed by atoms with Crippen LogP contribution in [0, 0.1) is 11.3 Å². The van der Waals surface area contributed by atoms with Crippen molar-refractivity contribution in [1.82, 2.24) is 9.80 Å². The van der Waals surface area contributed by atoms with Crippen LogP contribution in [0.5, 0.6) is 0 Å². The van der Waals surface area contributed by atoms with Crippen LogP contribution >= 0.6 is 0 Å². The SMILES string of the molecule is CN1CCCC(N(C)CC2CCCC(C)(C)C2N)C1. The van der Waals surface area contributed by atoms with Crippen LogP contribution in [-0.2, 0) is 0 Å². The minimum absolute atomic E-state index is 0.327. The highest BCUT2D eigenvalue weighted by Gasteiger charge is 2.37. The van der Waals surface area contributed by atoms with Gasteiger partial charge in [0.15, 0.2) is 0 Å². The number of nitrogens with two attached hydrogens (primary N) is 1. The van der Waals surface area contributed by atoms with Crippen LogP contribution in [0.2, 0.25) is 0 Å². The molecule has 1 aliphatic carbocycles. The Morgan fingerprint density at radius 3 is 2.68 bits per heavy atom. The first-order valence-corrected chi connectivity index (χ1v) is 8.04. The molecule has 3 atom stereocenters. The van der Waals surface area contributed by atoms with Gasteiger partial charge in [0, 0.05) is 25.2 Å². The third-order valence-electron chi connectivity index (χ3n) is 5.55. The quantitative estimate of drug-likeness (QED) is 0.850. The van der Waals surface area contributed by atoms with Crippen molar-refractivity contribution in [3.05, 3.63) is 0 Å². The summed E-state index contributed by atoms with van der Waals surface area (Å²) < 4.78 is 0. The summed E-state index contributed by atoms with van der Waals surface area (Å²) in [6.45, 7) is 8.36. The largest absolute Gasteiger partial charge is 0.327 e. The van der Waals surface area contributed by atoms with Crippen LogP contribution < -0.4 is 5.73 Å². The molecular formula is C16H33N3. The Bertz CT molecular complexity index is 290. The molecule has 0 aromatic heterocycles. The first-order valence-electron chi connectivity index (χ1n) is 8.04. The van der Waals surface area contributed by atoms with E-state index in [2.05, 4.69) is 37.7 Å². The minimum atomic E-state index is 0.327. The van der Waals surface area contributed by atoms with Gasteiger partial charge in [-0.3, -0.25) is 0 Å². The van der Waals surface area contributed by atoms with E-state index in [1.807, 2.05) is 0 Å². The monoisotopic (exact) mass is 267 g/mol. The van der Waals surface area contributed by atoms with Gasteiger partial charge in [-0.25, -0.2) is 0 Å². The second-order valence-corrected chi connectivity index (χ2v) is 7.66. The van der Waals surface area contributed by atoms with Crippen LogP contribution in [0.1, 0.15) is 46.0 Å². The first-order chi connectivity index (χ1) is 8.90. The molecule has 3 heteroatoms. The smallest absolute Gasteiger partial charge is 0.0220 e. The van der Waals surface area contributed by atoms with Crippen LogP contribution in [-0.4, -0.2) is 55.6 Å². The highest BCUT2D eigenvalue weighted by molar-refractivity contribution is 4.93. The van der Waals surface area contributed by atoms with Crippen LogP contribution in [0.4, 0.5) is 0 Å². The second kappa shape index (κ2) is 6.11. The van der Waals surface area contributed by atoms with Gasteiger partial charge >= 0.3 is 0 Å². The molecule has 2 aliphatic rings. The Kier molecular flexibility index (Phi) is 4.91. The predicted molar refractivity (Wildman–Crippen MR) is 82.2 cm³/mol. The summed E-state index contributed by atoms with van der Waals surface area (Å²) in [5, 5.41) is 0. The normalized spacial score (nSPS) is 36.6. The van der Waals surface area contributed by atoms with Crippen molar-refractivity contribution in [3.63, 3.8) is 0 Å². The number of hydrogen-bond donors (Lipinski definition) is 1. The van der Waals surface area contributed by atoms with Crippen LogP contribution in [0.3, 0.4) is 0 Å². The molecule has 3 nitrogen and oxygen atoms in total. The zero-order chi connectivity index (χ0) is 14.0. The van der Waals surface area contributed by atoms with Crippen molar-refractivity contribution >= 4 is 0 Å². The Hall–Kier alpha value is -0.120. The molecule has 1 saturated carbocycles. The number of hydrogen-bond acceptors (Lipinski definition) is 3. The Morgan fingerprint density at radius 1 is 1.26 bits per heavy atom. The molecule has 0 aromatic rings. The van der Waals surface area contributed by atoms with Gasteiger partial charge in [-0.05, 0) is 57.7 Å². The Balaban J connectivity index is 1.89. The average molecular weight is 267 g/mol. The van der Waals surface area contributed by atoms with Gasteiger partial charge in [0.05, 0.1) is 0 Å². The molecule has 0 amide bonds. The van der Waals surface area contributed by atoms with Gasteiger partial charge in [-0.15, -0.1) is 0 Å². The Morgan fingerprint density at radius 2 is 2.00 bits per heavy atom. The van der Waals surface area contributed by atoms with E-state index in [1.54, 1.807) is 0 Å². The summed E-state index contributed by atoms with van der Waals surface area (Å²) in [7, 11) is 4.55. The van der Waals surface area contributed by atoms with Gasteiger partial charge in [-0.1, -0.05) is 20.3 Å². The van der Waals surface area contributed by atoms with E-state index in [0.29, 0.717) is 17.4 Å². The van der Waals surface area contributed by atoms with Crippen molar-refractivity contribution in [3.8, 4) is 0 Å². The zero-order valence-electron chi connectivity index (χ0n) is 13.4. The zero-order valence-corrected chi connectivity index (χ0v) is 13.4. The molecule has 2 fully saturated rings. The van der Waals surface area contributed by atoms with Crippen molar-refractivity contribution < 1.29 is 0 Å². The van der Waals surface area contributed by atoms with Gasteiger partial charge in [0.25, 0.3) is 0 Å². The van der Waals surface area contributed by atoms with E-state index >= 15 is 0 Å². The summed E-state index contributed by atoms with van der Waals surface area (Å²) in [5.41, 5.74) is 6.85. The average Bonchev–Trinajstić information content (AvgIpc) is 2.35. The first kappa shape index (κ1) is 15.3. The topological polar surface area (TPSA) is 32.5 Å². The van der Waals surface area contributed by atoms with E-state index in [-0.39, 0.29) is 0 Å². The van der Waals surface area contributed by atoms with Crippen molar-refractivity contribution in [2.24, 2.45) is 17.1 Å². The number of nitrogens with zero attached hydrogens (tertiary/aromatic N) is 2. The molecule has 112 valence electrons. The van der Waals surface area contributed by atoms with E-state index < -0.39 is 0 Å². The summed E-state index contributed by atoms with van der Waals surface area (Å²) in [5.74, 6) is 0.681. The van der Waals surface area contributed by atoms with E-state index in [9.17, 15) is 0 Å². The lowest BCUT2D eigenvalue weighted by Gasteiger charge is -2.45. The molecule has 2 N–H and O–H groups in total. The Labute approximate surface area is 119 Å². The van der Waals surface area contributed by atoms with Crippen LogP contribution in [0.25, 0.3) is 0 Å². The maximum atomic E-state index is 6.52. The lowest BCUT2D eigenvalue weighted by molar-refractivity contribution is 0.0736. The molecule has 0 aromatic carbocycles. The van der Waals surface area contributed by atoms with Gasteiger partial charge in [0.2, 0.25) is 0 Å². The van der Waals surface area contributed by atoms with Gasteiger partial charge < -0.3 is 15.5 Å². The van der Waals surface area contributed by atoms with E-state index in [1.165, 1.54) is 51.7 Å². The van der Waals surface area contributed by atoms with Crippen LogP contribution in [0.15, 0.2) is 0 Å². The number of rotatable bonds is 3. The van der Waals surface area contributed by atoms with Crippen molar-refractivity contribution in [2.75, 3.05) is 33.7 Å². The molecule has 19 heavy (non-hydrogen) atoms. The summed E-state index contributed by atoms with van der Waals surface area (Å²) >= 11 is 0. The maximum absolute atomic E-state index is 6.52. The summed E-state index contributed by atoms with van der Waals surface area (Å²) in [6.07, 6.45) is 6.65. The van der Waals surface area contributed by atoms with Crippen molar-refractivity contribution in [2.45, 2.75) is 58.0 Å². The van der Waals surface area contributed by atoms with E-state index in [4.69, 9.17) is 5.73 Å². The number of likely N-dealkylation sites (tertiary alicyclic amines) is 1. The fourth-order valence-corrected chi connectivity index (χ4v) is 4.03. The molecule has 3 unspecified atom stereocenters. The fourth-order valence-electron chi connectivity index (χ4n) is 4.03. The minimum Gasteiger partial charge on any atom is -0.327 e. The fraction of sp³-hybridized carbons (Fsp3) is 1.00. The molecule has 1 aliphatic heterocycles. The predicted octanol–water partition coefficient (Wildman–Crippen LogP) is 2.17. The number of piperidine rings is 1. The molecule has 1 heterocycles. The lowest BCUT2D eigenvalue weighted by atomic mass is 9.68. The number of likely N-dealkylation sites (N-methyl/N-ethyl adjacent to an activating group) is 2. The molecule has 1 saturated heterocycles. The van der Waals surface area contributed by atoms with E-state index in [0.717, 1.165) is 6.04 Å². The standard InChI is InChI=1S/C16H33N3/c1-16(2)9-5-7-13(15(16)17)11-19(4)14-8-6-10-18(3)12-14/h13-15H,5-12,17H2,1-4H3. The lowest BCUT2D eigenvalue weighted by Crippen LogP contribution is -2.52. The van der Waals surface area contributed by atoms with Gasteiger partial charge in [-0.2, -0.15) is 0 Å². The van der Waals surface area contributed by atoms with Gasteiger partial charge in [0.1, 0.15) is 0 Å². The second-order valence-electron chi connectivity index (χ2n) is 7.66. The molecular weight excluding hydrogens is 234 g/mol. The molecule has 0 radical (unpaired) electrons. The highest BCUT2D eigenvalue weighted by Crippen LogP contribution is 2.38. The molecule has 0 spiro atoms. The summed E-state index contributed by atoms with van der Waals surface area (Å²) in [4.78, 5) is 5.05. The van der Waals surface area contributed by atoms with Crippen molar-refractivity contribution in [1.29, 1.82) is 0 Å². The third-order valence-corrected chi connectivity index (χ3v) is 5.55. The maximum Gasteiger partial charge on any atom is 0.0220 e. The third kappa shape index (κ3) is 3.71. The summed E-state index contributed by atoms with van der Waals surface area (Å²) in [6, 6.07) is 1.10.